The number of hydrogen-bond donors (Lipinski definition) is 2. The van der Waals surface area contributed by atoms with Crippen LogP contribution in [0.25, 0.3) is 11.3 Å². The van der Waals surface area contributed by atoms with Crippen molar-refractivity contribution in [2.75, 3.05) is 25.5 Å². The molecule has 9 nitrogen and oxygen atoms in total. The van der Waals surface area contributed by atoms with Gasteiger partial charge in [-0.05, 0) is 45.2 Å². The summed E-state index contributed by atoms with van der Waals surface area (Å²) in [7, 11) is 1.49. The molecule has 0 spiro atoms. The molecule has 0 saturated carbocycles. The quantitative estimate of drug-likeness (QED) is 0.725. The van der Waals surface area contributed by atoms with Gasteiger partial charge in [-0.15, -0.1) is 0 Å². The zero-order valence-corrected chi connectivity index (χ0v) is 17.4. The summed E-state index contributed by atoms with van der Waals surface area (Å²) in [4.78, 5) is 43.1. The highest BCUT2D eigenvalue weighted by atomic mass is 16.5. The first-order valence-electron chi connectivity index (χ1n) is 9.81. The van der Waals surface area contributed by atoms with Crippen molar-refractivity contribution in [1.82, 2.24) is 15.2 Å². The van der Waals surface area contributed by atoms with E-state index in [0.29, 0.717) is 35.9 Å². The van der Waals surface area contributed by atoms with Gasteiger partial charge in [0.2, 0.25) is 5.91 Å². The van der Waals surface area contributed by atoms with Crippen LogP contribution in [0, 0.1) is 0 Å². The molecule has 1 aliphatic heterocycles. The second-order valence-corrected chi connectivity index (χ2v) is 7.67. The predicted molar refractivity (Wildman–Crippen MR) is 110 cm³/mol. The van der Waals surface area contributed by atoms with Crippen LogP contribution in [0.15, 0.2) is 35.2 Å². The monoisotopic (exact) mass is 414 g/mol. The number of methoxy groups -OCH3 is 1. The zero-order chi connectivity index (χ0) is 21.7. The van der Waals surface area contributed by atoms with E-state index in [1.165, 1.54) is 13.5 Å². The summed E-state index contributed by atoms with van der Waals surface area (Å²) in [5, 5.41) is 5.07. The first kappa shape index (κ1) is 21.4. The maximum Gasteiger partial charge on any atom is 0.313 e. The Morgan fingerprint density at radius 2 is 1.87 bits per heavy atom. The van der Waals surface area contributed by atoms with E-state index in [0.717, 1.165) is 19.3 Å². The molecule has 3 amide bonds. The topological polar surface area (TPSA) is 114 Å². The van der Waals surface area contributed by atoms with Gasteiger partial charge in [-0.3, -0.25) is 14.4 Å². The summed E-state index contributed by atoms with van der Waals surface area (Å²) in [5.74, 6) is -0.986. The summed E-state index contributed by atoms with van der Waals surface area (Å²) in [6, 6.07) is 4.89. The molecular formula is C21H26N4O5. The minimum Gasteiger partial charge on any atom is -0.496 e. The van der Waals surface area contributed by atoms with Gasteiger partial charge in [0.1, 0.15) is 11.3 Å². The number of rotatable bonds is 5. The molecule has 2 N–H and O–H groups in total. The summed E-state index contributed by atoms with van der Waals surface area (Å²) in [6.45, 7) is 4.54. The molecule has 1 aromatic carbocycles. The standard InChI is InChI=1S/C21H26N4O5/c1-21(2,20(28)25-9-5-4-6-10-25)24-19(27)18(26)23-14-7-8-15(16(11-14)29-3)17-12-22-13-30-17/h7-8,11-13H,4-6,9-10H2,1-3H3,(H,23,26)(H,24,27). The molecule has 3 rings (SSSR count). The number of nitrogens with one attached hydrogen (secondary N) is 2. The van der Waals surface area contributed by atoms with E-state index in [1.807, 2.05) is 0 Å². The first-order chi connectivity index (χ1) is 14.3. The molecule has 0 aliphatic carbocycles. The number of carbonyl (C=O) groups excluding carboxylic acids is 3. The Hall–Kier alpha value is -3.36. The number of nitrogens with zero attached hydrogens (tertiary/aromatic N) is 2. The van der Waals surface area contributed by atoms with Gasteiger partial charge in [-0.25, -0.2) is 4.98 Å². The Balaban J connectivity index is 1.65. The Labute approximate surface area is 174 Å². The lowest BCUT2D eigenvalue weighted by atomic mass is 10.0. The SMILES string of the molecule is COc1cc(NC(=O)C(=O)NC(C)(C)C(=O)N2CCCCC2)ccc1-c1cnco1. The molecule has 0 bridgehead atoms. The average Bonchev–Trinajstić information content (AvgIpc) is 3.28. The van der Waals surface area contributed by atoms with E-state index in [2.05, 4.69) is 15.6 Å². The normalized spacial score (nSPS) is 14.2. The third-order valence-corrected chi connectivity index (χ3v) is 4.97. The lowest BCUT2D eigenvalue weighted by Gasteiger charge is -2.34. The number of amides is 3. The van der Waals surface area contributed by atoms with Crippen LogP contribution in [0.1, 0.15) is 33.1 Å². The maximum atomic E-state index is 12.7. The second-order valence-electron chi connectivity index (χ2n) is 7.67. The third kappa shape index (κ3) is 4.79. The molecule has 9 heteroatoms. The number of anilines is 1. The summed E-state index contributed by atoms with van der Waals surface area (Å²) < 4.78 is 10.6. The van der Waals surface area contributed by atoms with Crippen LogP contribution >= 0.6 is 0 Å². The highest BCUT2D eigenvalue weighted by Crippen LogP contribution is 2.32. The van der Waals surface area contributed by atoms with Gasteiger partial charge in [0, 0.05) is 24.8 Å². The van der Waals surface area contributed by atoms with Crippen molar-refractivity contribution in [2.45, 2.75) is 38.6 Å². The van der Waals surface area contributed by atoms with Crippen molar-refractivity contribution >= 4 is 23.4 Å². The first-order valence-corrected chi connectivity index (χ1v) is 9.81. The molecule has 0 radical (unpaired) electrons. The lowest BCUT2D eigenvalue weighted by molar-refractivity contribution is -0.143. The van der Waals surface area contributed by atoms with Gasteiger partial charge in [0.15, 0.2) is 12.2 Å². The predicted octanol–water partition coefficient (Wildman–Crippen LogP) is 2.20. The van der Waals surface area contributed by atoms with Gasteiger partial charge in [-0.2, -0.15) is 0 Å². The fraction of sp³-hybridized carbons (Fsp3) is 0.429. The Kier molecular flexibility index (Phi) is 6.39. The molecule has 0 unspecified atom stereocenters. The van der Waals surface area contributed by atoms with Crippen molar-refractivity contribution in [2.24, 2.45) is 0 Å². The average molecular weight is 414 g/mol. The van der Waals surface area contributed by atoms with Gasteiger partial charge in [-0.1, -0.05) is 0 Å². The van der Waals surface area contributed by atoms with Crippen molar-refractivity contribution in [1.29, 1.82) is 0 Å². The molecule has 2 aromatic rings. The Bertz CT molecular complexity index is 917. The number of aromatic nitrogens is 1. The fourth-order valence-corrected chi connectivity index (χ4v) is 3.40. The van der Waals surface area contributed by atoms with Crippen LogP contribution in [0.3, 0.4) is 0 Å². The summed E-state index contributed by atoms with van der Waals surface area (Å²) >= 11 is 0. The number of piperidine rings is 1. The van der Waals surface area contributed by atoms with Gasteiger partial charge >= 0.3 is 11.8 Å². The lowest BCUT2D eigenvalue weighted by Crippen LogP contribution is -2.58. The van der Waals surface area contributed by atoms with Crippen LogP contribution in [0.4, 0.5) is 5.69 Å². The minimum atomic E-state index is -1.18. The zero-order valence-electron chi connectivity index (χ0n) is 17.4. The molecule has 1 saturated heterocycles. The Morgan fingerprint density at radius 3 is 2.50 bits per heavy atom. The second kappa shape index (κ2) is 8.98. The smallest absolute Gasteiger partial charge is 0.313 e. The number of ether oxygens (including phenoxy) is 1. The maximum absolute atomic E-state index is 12.7. The largest absolute Gasteiger partial charge is 0.496 e. The van der Waals surface area contributed by atoms with Crippen LogP contribution in [0.5, 0.6) is 5.75 Å². The van der Waals surface area contributed by atoms with Crippen molar-refractivity contribution in [3.05, 3.63) is 30.8 Å². The third-order valence-electron chi connectivity index (χ3n) is 4.97. The van der Waals surface area contributed by atoms with E-state index in [9.17, 15) is 14.4 Å². The molecule has 160 valence electrons. The van der Waals surface area contributed by atoms with Crippen LogP contribution in [-0.4, -0.2) is 53.3 Å². The van der Waals surface area contributed by atoms with E-state index in [1.54, 1.807) is 43.1 Å². The summed E-state index contributed by atoms with van der Waals surface area (Å²) in [6.07, 6.45) is 5.84. The van der Waals surface area contributed by atoms with Gasteiger partial charge in [0.05, 0.1) is 18.9 Å². The molecule has 1 fully saturated rings. The molecule has 2 heterocycles. The van der Waals surface area contributed by atoms with Crippen molar-refractivity contribution < 1.29 is 23.5 Å². The highest BCUT2D eigenvalue weighted by molar-refractivity contribution is 6.40. The number of oxazole rings is 1. The molecule has 1 aromatic heterocycles. The van der Waals surface area contributed by atoms with E-state index >= 15 is 0 Å². The van der Waals surface area contributed by atoms with Crippen LogP contribution in [0.2, 0.25) is 0 Å². The molecule has 30 heavy (non-hydrogen) atoms. The molecule has 1 aliphatic rings. The highest BCUT2D eigenvalue weighted by Gasteiger charge is 2.35. The molecular weight excluding hydrogens is 388 g/mol. The van der Waals surface area contributed by atoms with Gasteiger partial charge in [0.25, 0.3) is 0 Å². The van der Waals surface area contributed by atoms with Crippen LogP contribution < -0.4 is 15.4 Å². The van der Waals surface area contributed by atoms with Crippen LogP contribution in [-0.2, 0) is 14.4 Å². The number of likely N-dealkylation sites (tertiary alicyclic amines) is 1. The van der Waals surface area contributed by atoms with E-state index in [4.69, 9.17) is 9.15 Å². The van der Waals surface area contributed by atoms with E-state index in [-0.39, 0.29) is 5.91 Å². The van der Waals surface area contributed by atoms with E-state index < -0.39 is 17.4 Å². The minimum absolute atomic E-state index is 0.193. The van der Waals surface area contributed by atoms with Crippen molar-refractivity contribution in [3.63, 3.8) is 0 Å². The Morgan fingerprint density at radius 1 is 1.13 bits per heavy atom. The molecule has 0 atom stereocenters. The number of hydrogen-bond acceptors (Lipinski definition) is 6. The number of benzene rings is 1. The fourth-order valence-electron chi connectivity index (χ4n) is 3.40. The van der Waals surface area contributed by atoms with Gasteiger partial charge < -0.3 is 24.7 Å². The number of carbonyl (C=O) groups is 3. The van der Waals surface area contributed by atoms with Crippen molar-refractivity contribution in [3.8, 4) is 17.1 Å². The summed E-state index contributed by atoms with van der Waals surface area (Å²) in [5.41, 5.74) is -0.152.